The van der Waals surface area contributed by atoms with Crippen molar-refractivity contribution in [3.8, 4) is 11.1 Å². The number of aryl methyl sites for hydroxylation is 1. The Hall–Kier alpha value is -2.62. The normalized spacial score (nSPS) is 15.7. The smallest absolute Gasteiger partial charge is 0.251 e. The summed E-state index contributed by atoms with van der Waals surface area (Å²) in [6, 6.07) is 13.9. The predicted octanol–water partition coefficient (Wildman–Crippen LogP) is 3.19. The second-order valence-corrected chi connectivity index (χ2v) is 6.22. The Bertz CT molecular complexity index is 768. The Balaban J connectivity index is 1.99. The molecule has 2 aromatic rings. The molecule has 0 atom stereocenters. The highest BCUT2D eigenvalue weighted by Gasteiger charge is 2.11. The second kappa shape index (κ2) is 7.30. The number of carbonyl (C=O) groups excluding carboxylic acids is 2. The van der Waals surface area contributed by atoms with Crippen molar-refractivity contribution in [3.63, 3.8) is 0 Å². The van der Waals surface area contributed by atoms with Crippen LogP contribution < -0.4 is 10.6 Å². The maximum atomic E-state index is 12.3. The maximum absolute atomic E-state index is 12.3. The van der Waals surface area contributed by atoms with Gasteiger partial charge in [0.25, 0.3) is 5.91 Å². The predicted molar refractivity (Wildman–Crippen MR) is 94.6 cm³/mol. The van der Waals surface area contributed by atoms with Crippen molar-refractivity contribution in [2.45, 2.75) is 32.7 Å². The molecule has 0 spiro atoms. The highest BCUT2D eigenvalue weighted by Crippen LogP contribution is 2.25. The van der Waals surface area contributed by atoms with Crippen LogP contribution in [-0.2, 0) is 11.3 Å². The molecule has 4 heteroatoms. The van der Waals surface area contributed by atoms with Gasteiger partial charge in [0.05, 0.1) is 0 Å². The monoisotopic (exact) mass is 322 g/mol. The molecule has 3 rings (SSSR count). The minimum atomic E-state index is -0.0632. The molecule has 24 heavy (non-hydrogen) atoms. The zero-order valence-corrected chi connectivity index (χ0v) is 13.9. The van der Waals surface area contributed by atoms with Crippen LogP contribution in [0.15, 0.2) is 42.5 Å². The first kappa shape index (κ1) is 16.2. The van der Waals surface area contributed by atoms with E-state index in [1.165, 1.54) is 0 Å². The van der Waals surface area contributed by atoms with Crippen LogP contribution in [0.25, 0.3) is 11.1 Å². The van der Waals surface area contributed by atoms with E-state index in [1.807, 2.05) is 43.3 Å². The quantitative estimate of drug-likeness (QED) is 0.782. The summed E-state index contributed by atoms with van der Waals surface area (Å²) in [5, 5.41) is 5.90. The van der Waals surface area contributed by atoms with Crippen molar-refractivity contribution in [1.82, 2.24) is 10.6 Å². The van der Waals surface area contributed by atoms with Crippen LogP contribution in [0.3, 0.4) is 0 Å². The largest absolute Gasteiger partial charge is 0.352 e. The van der Waals surface area contributed by atoms with E-state index >= 15 is 0 Å². The van der Waals surface area contributed by atoms with Gasteiger partial charge in [0, 0.05) is 25.1 Å². The Kier molecular flexibility index (Phi) is 4.94. The lowest BCUT2D eigenvalue weighted by Crippen LogP contribution is -2.25. The Morgan fingerprint density at radius 3 is 2.67 bits per heavy atom. The topological polar surface area (TPSA) is 58.2 Å². The number of hydrogen-bond acceptors (Lipinski definition) is 2. The van der Waals surface area contributed by atoms with E-state index in [4.69, 9.17) is 0 Å². The van der Waals surface area contributed by atoms with Crippen molar-refractivity contribution >= 4 is 11.8 Å². The van der Waals surface area contributed by atoms with E-state index in [1.54, 1.807) is 0 Å². The summed E-state index contributed by atoms with van der Waals surface area (Å²) < 4.78 is 0. The third-order valence-corrected chi connectivity index (χ3v) is 4.34. The van der Waals surface area contributed by atoms with Crippen molar-refractivity contribution in [1.29, 1.82) is 0 Å². The van der Waals surface area contributed by atoms with Crippen molar-refractivity contribution in [3.05, 3.63) is 59.2 Å². The molecule has 2 amide bonds. The lowest BCUT2D eigenvalue weighted by atomic mass is 9.96. The standard InChI is InChI=1S/C20H22N2O2/c1-14-8-9-17-12-18(14)16-6-4-5-15(11-16)13-22-19(23)7-2-3-10-21-20(17)24/h4-6,8-9,11-12H,2-3,7,10,13H2,1H3,(H,21,24)(H,22,23). The zero-order valence-electron chi connectivity index (χ0n) is 13.9. The van der Waals surface area contributed by atoms with E-state index in [0.717, 1.165) is 35.1 Å². The summed E-state index contributed by atoms with van der Waals surface area (Å²) >= 11 is 0. The fourth-order valence-corrected chi connectivity index (χ4v) is 2.93. The van der Waals surface area contributed by atoms with Crippen LogP contribution in [0.2, 0.25) is 0 Å². The first-order chi connectivity index (χ1) is 11.6. The van der Waals surface area contributed by atoms with Gasteiger partial charge in [-0.05, 0) is 60.2 Å². The molecule has 0 unspecified atom stereocenters. The van der Waals surface area contributed by atoms with Gasteiger partial charge in [-0.2, -0.15) is 0 Å². The number of rotatable bonds is 0. The molecule has 1 aliphatic rings. The van der Waals surface area contributed by atoms with E-state index in [2.05, 4.69) is 16.7 Å². The van der Waals surface area contributed by atoms with Gasteiger partial charge in [-0.15, -0.1) is 0 Å². The number of amides is 2. The summed E-state index contributed by atoms with van der Waals surface area (Å²) in [5.74, 6) is -0.00919. The maximum Gasteiger partial charge on any atom is 0.251 e. The summed E-state index contributed by atoms with van der Waals surface area (Å²) in [7, 11) is 0. The molecule has 4 bridgehead atoms. The first-order valence-corrected chi connectivity index (χ1v) is 8.38. The molecule has 0 fully saturated rings. The molecule has 0 saturated carbocycles. The fourth-order valence-electron chi connectivity index (χ4n) is 2.93. The molecular formula is C20H22N2O2. The summed E-state index contributed by atoms with van der Waals surface area (Å²) in [6.45, 7) is 3.16. The Morgan fingerprint density at radius 2 is 1.79 bits per heavy atom. The van der Waals surface area contributed by atoms with Gasteiger partial charge in [-0.3, -0.25) is 9.59 Å². The van der Waals surface area contributed by atoms with Gasteiger partial charge in [0.2, 0.25) is 5.91 Å². The average molecular weight is 322 g/mol. The lowest BCUT2D eigenvalue weighted by Gasteiger charge is -2.11. The Labute approximate surface area is 142 Å². The van der Waals surface area contributed by atoms with Gasteiger partial charge >= 0.3 is 0 Å². The fraction of sp³-hybridized carbons (Fsp3) is 0.300. The molecule has 0 radical (unpaired) electrons. The van der Waals surface area contributed by atoms with Crippen molar-refractivity contribution < 1.29 is 9.59 Å². The van der Waals surface area contributed by atoms with Gasteiger partial charge in [0.1, 0.15) is 0 Å². The second-order valence-electron chi connectivity index (χ2n) is 6.22. The van der Waals surface area contributed by atoms with Crippen LogP contribution in [0, 0.1) is 6.92 Å². The first-order valence-electron chi connectivity index (χ1n) is 8.38. The summed E-state index contributed by atoms with van der Waals surface area (Å²) in [6.07, 6.45) is 2.05. The number of hydrogen-bond donors (Lipinski definition) is 2. The van der Waals surface area contributed by atoms with E-state index in [9.17, 15) is 9.59 Å². The number of nitrogens with one attached hydrogen (secondary N) is 2. The van der Waals surface area contributed by atoms with Gasteiger partial charge in [0.15, 0.2) is 0 Å². The highest BCUT2D eigenvalue weighted by molar-refractivity contribution is 5.95. The van der Waals surface area contributed by atoms with Gasteiger partial charge < -0.3 is 10.6 Å². The number of fused-ring (bicyclic) bond motifs is 5. The number of carbonyl (C=O) groups is 2. The van der Waals surface area contributed by atoms with E-state index in [0.29, 0.717) is 25.1 Å². The third-order valence-electron chi connectivity index (χ3n) is 4.34. The van der Waals surface area contributed by atoms with Crippen LogP contribution in [-0.4, -0.2) is 18.4 Å². The molecular weight excluding hydrogens is 300 g/mol. The molecule has 1 aliphatic heterocycles. The minimum Gasteiger partial charge on any atom is -0.352 e. The SMILES string of the molecule is Cc1ccc2cc1-c1cccc(c1)CNC(=O)CCCCNC2=O. The molecule has 1 heterocycles. The zero-order chi connectivity index (χ0) is 16.9. The molecule has 4 nitrogen and oxygen atoms in total. The molecule has 124 valence electrons. The molecule has 2 aromatic carbocycles. The van der Waals surface area contributed by atoms with Gasteiger partial charge in [-0.1, -0.05) is 24.3 Å². The summed E-state index contributed by atoms with van der Waals surface area (Å²) in [4.78, 5) is 24.2. The van der Waals surface area contributed by atoms with Crippen molar-refractivity contribution in [2.75, 3.05) is 6.54 Å². The van der Waals surface area contributed by atoms with E-state index < -0.39 is 0 Å². The Morgan fingerprint density at radius 1 is 0.917 bits per heavy atom. The van der Waals surface area contributed by atoms with Crippen LogP contribution >= 0.6 is 0 Å². The lowest BCUT2D eigenvalue weighted by molar-refractivity contribution is -0.121. The summed E-state index contributed by atoms with van der Waals surface area (Å²) in [5.41, 5.74) is 4.96. The third kappa shape index (κ3) is 3.82. The van der Waals surface area contributed by atoms with Gasteiger partial charge in [-0.25, -0.2) is 0 Å². The molecule has 0 aliphatic carbocycles. The molecule has 0 saturated heterocycles. The van der Waals surface area contributed by atoms with Crippen molar-refractivity contribution in [2.24, 2.45) is 0 Å². The molecule has 0 aromatic heterocycles. The van der Waals surface area contributed by atoms with Crippen LogP contribution in [0.5, 0.6) is 0 Å². The van der Waals surface area contributed by atoms with E-state index in [-0.39, 0.29) is 11.8 Å². The number of benzene rings is 2. The van der Waals surface area contributed by atoms with Crippen LogP contribution in [0.1, 0.15) is 40.7 Å². The van der Waals surface area contributed by atoms with Crippen LogP contribution in [0.4, 0.5) is 0 Å². The molecule has 2 N–H and O–H groups in total. The highest BCUT2D eigenvalue weighted by atomic mass is 16.2. The average Bonchev–Trinajstić information content (AvgIpc) is 2.59. The minimum absolute atomic E-state index is 0.0540.